The highest BCUT2D eigenvalue weighted by Gasteiger charge is 2.17. The molecule has 3 nitrogen and oxygen atoms in total. The molecule has 1 rings (SSSR count). The molecule has 0 spiro atoms. The van der Waals surface area contributed by atoms with Gasteiger partial charge >= 0.3 is 5.97 Å². The molecule has 0 aliphatic rings. The zero-order chi connectivity index (χ0) is 18.7. The number of hydrogen-bond acceptors (Lipinski definition) is 4. The van der Waals surface area contributed by atoms with Crippen molar-refractivity contribution in [3.05, 3.63) is 29.8 Å². The van der Waals surface area contributed by atoms with Gasteiger partial charge in [0.15, 0.2) is 0 Å². The third kappa shape index (κ3) is 8.77. The second-order valence-corrected chi connectivity index (χ2v) is 8.26. The highest BCUT2D eigenvalue weighted by atomic mass is 32.2. The van der Waals surface area contributed by atoms with Gasteiger partial charge in [0.05, 0.1) is 18.8 Å². The minimum atomic E-state index is -0.228. The first kappa shape index (κ1) is 22.0. The van der Waals surface area contributed by atoms with Gasteiger partial charge in [-0.15, -0.1) is 0 Å². The topological polar surface area (TPSA) is 35.5 Å². The van der Waals surface area contributed by atoms with Crippen molar-refractivity contribution in [2.45, 2.75) is 70.6 Å². The number of ether oxygens (including phenoxy) is 2. The second kappa shape index (κ2) is 12.4. The smallest absolute Gasteiger partial charge is 0.339 e. The second-order valence-electron chi connectivity index (χ2n) is 6.92. The number of hydrogen-bond donors (Lipinski definition) is 0. The van der Waals surface area contributed by atoms with Gasteiger partial charge in [0.2, 0.25) is 0 Å². The van der Waals surface area contributed by atoms with E-state index in [2.05, 4.69) is 27.7 Å². The van der Waals surface area contributed by atoms with Crippen LogP contribution in [0.15, 0.2) is 29.2 Å². The lowest BCUT2D eigenvalue weighted by Crippen LogP contribution is -2.15. The van der Waals surface area contributed by atoms with Gasteiger partial charge in [-0.3, -0.25) is 0 Å². The van der Waals surface area contributed by atoms with Gasteiger partial charge in [0.1, 0.15) is 5.44 Å². The van der Waals surface area contributed by atoms with Crippen LogP contribution in [-0.4, -0.2) is 24.6 Å². The SMILES string of the molecule is CCCCC(CC)COC(=O)c1ccccc1SC(C)OCC(C)C. The molecule has 0 aliphatic heterocycles. The molecule has 0 radical (unpaired) electrons. The van der Waals surface area contributed by atoms with Gasteiger partial charge in [-0.1, -0.05) is 70.9 Å². The Hall–Kier alpha value is -1.00. The lowest BCUT2D eigenvalue weighted by Gasteiger charge is -2.17. The normalized spacial score (nSPS) is 13.7. The molecule has 0 amide bonds. The largest absolute Gasteiger partial charge is 0.462 e. The molecule has 0 aliphatic carbocycles. The highest BCUT2D eigenvalue weighted by molar-refractivity contribution is 7.99. The molecule has 1 aromatic rings. The van der Waals surface area contributed by atoms with E-state index in [-0.39, 0.29) is 11.4 Å². The maximum atomic E-state index is 12.5. The van der Waals surface area contributed by atoms with Crippen LogP contribution in [-0.2, 0) is 9.47 Å². The Balaban J connectivity index is 2.63. The van der Waals surface area contributed by atoms with Crippen molar-refractivity contribution in [2.24, 2.45) is 11.8 Å². The lowest BCUT2D eigenvalue weighted by molar-refractivity contribution is 0.0424. The van der Waals surface area contributed by atoms with Crippen molar-refractivity contribution < 1.29 is 14.3 Å². The van der Waals surface area contributed by atoms with Crippen molar-refractivity contribution in [1.29, 1.82) is 0 Å². The summed E-state index contributed by atoms with van der Waals surface area (Å²) < 4.78 is 11.4. The molecule has 2 atom stereocenters. The van der Waals surface area contributed by atoms with E-state index in [0.717, 1.165) is 24.3 Å². The van der Waals surface area contributed by atoms with Crippen molar-refractivity contribution in [3.8, 4) is 0 Å². The molecular formula is C21H34O3S. The van der Waals surface area contributed by atoms with Crippen molar-refractivity contribution in [1.82, 2.24) is 0 Å². The lowest BCUT2D eigenvalue weighted by atomic mass is 10.0. The predicted molar refractivity (Wildman–Crippen MR) is 106 cm³/mol. The molecule has 0 bridgehead atoms. The number of rotatable bonds is 12. The van der Waals surface area contributed by atoms with Crippen LogP contribution in [0.3, 0.4) is 0 Å². The van der Waals surface area contributed by atoms with Crippen molar-refractivity contribution >= 4 is 17.7 Å². The number of unbranched alkanes of at least 4 members (excludes halogenated alkanes) is 1. The van der Waals surface area contributed by atoms with Crippen LogP contribution < -0.4 is 0 Å². The summed E-state index contributed by atoms with van der Waals surface area (Å²) in [5, 5.41) is 0. The van der Waals surface area contributed by atoms with E-state index < -0.39 is 0 Å². The summed E-state index contributed by atoms with van der Waals surface area (Å²) >= 11 is 1.57. The molecule has 2 unspecified atom stereocenters. The first-order valence-electron chi connectivity index (χ1n) is 9.52. The van der Waals surface area contributed by atoms with Crippen molar-refractivity contribution in [2.75, 3.05) is 13.2 Å². The fraction of sp³-hybridized carbons (Fsp3) is 0.667. The van der Waals surface area contributed by atoms with E-state index >= 15 is 0 Å². The van der Waals surface area contributed by atoms with Gasteiger partial charge in [0.25, 0.3) is 0 Å². The van der Waals surface area contributed by atoms with Crippen LogP contribution in [0.4, 0.5) is 0 Å². The molecule has 0 N–H and O–H groups in total. The molecule has 142 valence electrons. The van der Waals surface area contributed by atoms with Crippen LogP contribution in [0.25, 0.3) is 0 Å². The Morgan fingerprint density at radius 3 is 2.48 bits per heavy atom. The standard InChI is InChI=1S/C21H34O3S/c1-6-8-11-18(7-2)15-24-21(22)19-12-9-10-13-20(19)25-17(5)23-14-16(3)4/h9-10,12-13,16-18H,6-8,11,14-15H2,1-5H3. The van der Waals surface area contributed by atoms with E-state index in [0.29, 0.717) is 24.0 Å². The molecule has 0 saturated heterocycles. The van der Waals surface area contributed by atoms with Crippen molar-refractivity contribution in [3.63, 3.8) is 0 Å². The summed E-state index contributed by atoms with van der Waals surface area (Å²) in [6.45, 7) is 11.9. The predicted octanol–water partition coefficient (Wildman–Crippen LogP) is 6.17. The highest BCUT2D eigenvalue weighted by Crippen LogP contribution is 2.28. The minimum Gasteiger partial charge on any atom is -0.462 e. The molecular weight excluding hydrogens is 332 g/mol. The van der Waals surface area contributed by atoms with Gasteiger partial charge < -0.3 is 9.47 Å². The molecule has 0 fully saturated rings. The van der Waals surface area contributed by atoms with E-state index in [4.69, 9.17) is 9.47 Å². The van der Waals surface area contributed by atoms with E-state index in [1.807, 2.05) is 31.2 Å². The molecule has 1 aromatic carbocycles. The third-order valence-electron chi connectivity index (χ3n) is 4.06. The number of esters is 1. The number of thioether (sulfide) groups is 1. The van der Waals surface area contributed by atoms with Crippen LogP contribution >= 0.6 is 11.8 Å². The zero-order valence-corrected chi connectivity index (χ0v) is 17.2. The van der Waals surface area contributed by atoms with E-state index in [1.54, 1.807) is 11.8 Å². The van der Waals surface area contributed by atoms with Crippen LogP contribution in [0.5, 0.6) is 0 Å². The number of carbonyl (C=O) groups is 1. The van der Waals surface area contributed by atoms with Crippen LogP contribution in [0.2, 0.25) is 0 Å². The van der Waals surface area contributed by atoms with Crippen LogP contribution in [0, 0.1) is 11.8 Å². The fourth-order valence-electron chi connectivity index (χ4n) is 2.45. The summed E-state index contributed by atoms with van der Waals surface area (Å²) in [6.07, 6.45) is 4.53. The Labute approximate surface area is 157 Å². The molecule has 4 heteroatoms. The monoisotopic (exact) mass is 366 g/mol. The summed E-state index contributed by atoms with van der Waals surface area (Å²) in [4.78, 5) is 13.5. The molecule has 0 saturated carbocycles. The summed E-state index contributed by atoms with van der Waals surface area (Å²) in [5.74, 6) is 0.725. The minimum absolute atomic E-state index is 0.00398. The average molecular weight is 367 g/mol. The quantitative estimate of drug-likeness (QED) is 0.252. The van der Waals surface area contributed by atoms with Gasteiger partial charge in [-0.2, -0.15) is 0 Å². The third-order valence-corrected chi connectivity index (χ3v) is 5.14. The summed E-state index contributed by atoms with van der Waals surface area (Å²) in [5.41, 5.74) is 0.641. The maximum Gasteiger partial charge on any atom is 0.339 e. The number of benzene rings is 1. The van der Waals surface area contributed by atoms with Gasteiger partial charge in [-0.25, -0.2) is 4.79 Å². The Bertz CT molecular complexity index is 502. The fourth-order valence-corrected chi connectivity index (χ4v) is 3.39. The van der Waals surface area contributed by atoms with E-state index in [9.17, 15) is 4.79 Å². The summed E-state index contributed by atoms with van der Waals surface area (Å²) in [7, 11) is 0. The summed E-state index contributed by atoms with van der Waals surface area (Å²) in [6, 6.07) is 7.64. The van der Waals surface area contributed by atoms with Crippen LogP contribution in [0.1, 0.15) is 70.7 Å². The Kier molecular flexibility index (Phi) is 10.9. The maximum absolute atomic E-state index is 12.5. The molecule has 0 aromatic heterocycles. The molecule has 25 heavy (non-hydrogen) atoms. The average Bonchev–Trinajstić information content (AvgIpc) is 2.60. The Morgan fingerprint density at radius 2 is 1.84 bits per heavy atom. The first-order valence-corrected chi connectivity index (χ1v) is 10.4. The van der Waals surface area contributed by atoms with Gasteiger partial charge in [0, 0.05) is 4.90 Å². The Morgan fingerprint density at radius 1 is 1.12 bits per heavy atom. The van der Waals surface area contributed by atoms with E-state index in [1.165, 1.54) is 12.8 Å². The zero-order valence-electron chi connectivity index (χ0n) is 16.4. The van der Waals surface area contributed by atoms with Gasteiger partial charge in [-0.05, 0) is 37.3 Å². The first-order chi connectivity index (χ1) is 12.0. The molecule has 0 heterocycles. The number of carbonyl (C=O) groups excluding carboxylic acids is 1.